The molecule has 2 amide bonds. The summed E-state index contributed by atoms with van der Waals surface area (Å²) in [6, 6.07) is 6.87. The summed E-state index contributed by atoms with van der Waals surface area (Å²) in [5.41, 5.74) is -0.427. The molecule has 0 radical (unpaired) electrons. The first-order chi connectivity index (χ1) is 11.1. The highest BCUT2D eigenvalue weighted by Crippen LogP contribution is 2.18. The van der Waals surface area contributed by atoms with Gasteiger partial charge in [0.05, 0.1) is 19.2 Å². The summed E-state index contributed by atoms with van der Waals surface area (Å²) in [6.07, 6.45) is 0.634. The Morgan fingerprint density at radius 2 is 2.39 bits per heavy atom. The van der Waals surface area contributed by atoms with Crippen molar-refractivity contribution >= 4 is 17.4 Å². The Balaban J connectivity index is 1.51. The SMILES string of the molecule is Cc1cc(O[C@H]2CCN(C(=O)NCc3cccs3)C2)cc(=O)o1. The minimum Gasteiger partial charge on any atom is -0.488 e. The zero-order valence-corrected chi connectivity index (χ0v) is 13.6. The van der Waals surface area contributed by atoms with Crippen molar-refractivity contribution in [2.75, 3.05) is 13.1 Å². The second-order valence-corrected chi connectivity index (χ2v) is 6.47. The smallest absolute Gasteiger partial charge is 0.339 e. The van der Waals surface area contributed by atoms with E-state index in [4.69, 9.17) is 9.15 Å². The van der Waals surface area contributed by atoms with Gasteiger partial charge in [-0.1, -0.05) is 6.07 Å². The Kier molecular flexibility index (Phi) is 4.66. The molecule has 3 rings (SSSR count). The van der Waals surface area contributed by atoms with Crippen LogP contribution in [0.3, 0.4) is 0 Å². The molecule has 1 aliphatic heterocycles. The molecule has 1 fully saturated rings. The summed E-state index contributed by atoms with van der Waals surface area (Å²) in [7, 11) is 0. The maximum absolute atomic E-state index is 12.1. The first-order valence-corrected chi connectivity index (χ1v) is 8.32. The third-order valence-electron chi connectivity index (χ3n) is 3.60. The number of rotatable bonds is 4. The zero-order chi connectivity index (χ0) is 16.2. The van der Waals surface area contributed by atoms with Crippen molar-refractivity contribution in [1.82, 2.24) is 10.2 Å². The molecule has 122 valence electrons. The minimum absolute atomic E-state index is 0.0896. The second-order valence-electron chi connectivity index (χ2n) is 5.44. The van der Waals surface area contributed by atoms with Crippen molar-refractivity contribution in [3.05, 3.63) is 50.7 Å². The lowest BCUT2D eigenvalue weighted by Crippen LogP contribution is -2.38. The molecule has 0 unspecified atom stereocenters. The molecule has 1 saturated heterocycles. The van der Waals surface area contributed by atoms with E-state index in [0.717, 1.165) is 11.3 Å². The number of hydrogen-bond donors (Lipinski definition) is 1. The molecule has 0 saturated carbocycles. The molecular weight excluding hydrogens is 316 g/mol. The van der Waals surface area contributed by atoms with E-state index in [1.165, 1.54) is 6.07 Å². The average molecular weight is 334 g/mol. The Morgan fingerprint density at radius 3 is 3.13 bits per heavy atom. The topological polar surface area (TPSA) is 71.8 Å². The largest absolute Gasteiger partial charge is 0.488 e. The van der Waals surface area contributed by atoms with Crippen LogP contribution in [0.4, 0.5) is 4.79 Å². The third kappa shape index (κ3) is 4.13. The van der Waals surface area contributed by atoms with E-state index >= 15 is 0 Å². The van der Waals surface area contributed by atoms with Crippen molar-refractivity contribution < 1.29 is 13.9 Å². The normalized spacial score (nSPS) is 17.3. The van der Waals surface area contributed by atoms with Crippen molar-refractivity contribution in [3.63, 3.8) is 0 Å². The summed E-state index contributed by atoms with van der Waals surface area (Å²) in [5.74, 6) is 1.00. The average Bonchev–Trinajstić information content (AvgIpc) is 3.15. The number of urea groups is 1. The molecule has 7 heteroatoms. The summed E-state index contributed by atoms with van der Waals surface area (Å²) >= 11 is 1.62. The molecular formula is C16H18N2O4S. The third-order valence-corrected chi connectivity index (χ3v) is 4.47. The number of likely N-dealkylation sites (tertiary alicyclic amines) is 1. The molecule has 1 atom stereocenters. The van der Waals surface area contributed by atoms with E-state index in [0.29, 0.717) is 31.1 Å². The summed E-state index contributed by atoms with van der Waals surface area (Å²) in [6.45, 7) is 3.39. The van der Waals surface area contributed by atoms with Gasteiger partial charge in [-0.05, 0) is 18.4 Å². The van der Waals surface area contributed by atoms with Gasteiger partial charge in [-0.3, -0.25) is 0 Å². The zero-order valence-electron chi connectivity index (χ0n) is 12.8. The van der Waals surface area contributed by atoms with Crippen LogP contribution in [0.1, 0.15) is 17.1 Å². The number of nitrogens with one attached hydrogen (secondary N) is 1. The lowest BCUT2D eigenvalue weighted by atomic mass is 10.3. The molecule has 1 N–H and O–H groups in total. The van der Waals surface area contributed by atoms with Gasteiger partial charge in [0.15, 0.2) is 0 Å². The highest BCUT2D eigenvalue weighted by atomic mass is 32.1. The molecule has 2 aromatic rings. The summed E-state index contributed by atoms with van der Waals surface area (Å²) < 4.78 is 10.7. The quantitative estimate of drug-likeness (QED) is 0.932. The van der Waals surface area contributed by atoms with Crippen molar-refractivity contribution in [2.45, 2.75) is 26.0 Å². The van der Waals surface area contributed by atoms with E-state index < -0.39 is 5.63 Å². The van der Waals surface area contributed by atoms with Gasteiger partial charge < -0.3 is 19.4 Å². The molecule has 0 spiro atoms. The van der Waals surface area contributed by atoms with Gasteiger partial charge >= 0.3 is 11.7 Å². The lowest BCUT2D eigenvalue weighted by molar-refractivity contribution is 0.185. The van der Waals surface area contributed by atoms with Crippen LogP contribution in [0, 0.1) is 6.92 Å². The fourth-order valence-corrected chi connectivity index (χ4v) is 3.18. The van der Waals surface area contributed by atoms with E-state index in [1.54, 1.807) is 29.2 Å². The Bertz CT molecular complexity index is 726. The van der Waals surface area contributed by atoms with Crippen LogP contribution in [0.25, 0.3) is 0 Å². The van der Waals surface area contributed by atoms with Crippen molar-refractivity contribution in [3.8, 4) is 5.75 Å². The molecule has 23 heavy (non-hydrogen) atoms. The predicted octanol–water partition coefficient (Wildman–Crippen LogP) is 2.37. The van der Waals surface area contributed by atoms with Crippen molar-refractivity contribution in [2.24, 2.45) is 0 Å². The highest BCUT2D eigenvalue weighted by molar-refractivity contribution is 7.09. The monoisotopic (exact) mass is 334 g/mol. The van der Waals surface area contributed by atoms with E-state index in [2.05, 4.69) is 5.32 Å². The van der Waals surface area contributed by atoms with Gasteiger partial charge in [-0.25, -0.2) is 9.59 Å². The van der Waals surface area contributed by atoms with Crippen LogP contribution in [0.5, 0.6) is 5.75 Å². The number of carbonyl (C=O) groups is 1. The minimum atomic E-state index is -0.427. The number of hydrogen-bond acceptors (Lipinski definition) is 5. The molecule has 0 aromatic carbocycles. The number of ether oxygens (including phenoxy) is 1. The Morgan fingerprint density at radius 1 is 1.52 bits per heavy atom. The van der Waals surface area contributed by atoms with Crippen LogP contribution in [0.15, 0.2) is 38.9 Å². The van der Waals surface area contributed by atoms with E-state index in [1.807, 2.05) is 17.5 Å². The van der Waals surface area contributed by atoms with Gasteiger partial charge in [0.25, 0.3) is 0 Å². The number of nitrogens with zero attached hydrogens (tertiary/aromatic N) is 1. The Labute approximate surface area is 137 Å². The van der Waals surface area contributed by atoms with Gasteiger partial charge in [0.1, 0.15) is 17.6 Å². The first-order valence-electron chi connectivity index (χ1n) is 7.44. The van der Waals surface area contributed by atoms with Crippen LogP contribution in [-0.2, 0) is 6.54 Å². The first kappa shape index (κ1) is 15.6. The van der Waals surface area contributed by atoms with Gasteiger partial charge in [0, 0.05) is 23.9 Å². The van der Waals surface area contributed by atoms with E-state index in [9.17, 15) is 9.59 Å². The molecule has 2 aromatic heterocycles. The van der Waals surface area contributed by atoms with Crippen LogP contribution in [-0.4, -0.2) is 30.1 Å². The highest BCUT2D eigenvalue weighted by Gasteiger charge is 2.27. The van der Waals surface area contributed by atoms with Crippen LogP contribution >= 0.6 is 11.3 Å². The molecule has 3 heterocycles. The fourth-order valence-electron chi connectivity index (χ4n) is 2.53. The maximum Gasteiger partial charge on any atom is 0.339 e. The Hall–Kier alpha value is -2.28. The van der Waals surface area contributed by atoms with Gasteiger partial charge in [-0.15, -0.1) is 11.3 Å². The molecule has 6 nitrogen and oxygen atoms in total. The fraction of sp³-hybridized carbons (Fsp3) is 0.375. The lowest BCUT2D eigenvalue weighted by Gasteiger charge is -2.17. The number of carbonyl (C=O) groups excluding carboxylic acids is 1. The summed E-state index contributed by atoms with van der Waals surface area (Å²) in [5, 5.41) is 4.89. The molecule has 1 aliphatic rings. The van der Waals surface area contributed by atoms with Crippen LogP contribution in [0.2, 0.25) is 0 Å². The van der Waals surface area contributed by atoms with Crippen LogP contribution < -0.4 is 15.7 Å². The summed E-state index contributed by atoms with van der Waals surface area (Å²) in [4.78, 5) is 26.3. The number of amides is 2. The maximum atomic E-state index is 12.1. The number of aryl methyl sites for hydroxylation is 1. The van der Waals surface area contributed by atoms with Crippen molar-refractivity contribution in [1.29, 1.82) is 0 Å². The standard InChI is InChI=1S/C16H18N2O4S/c1-11-7-13(8-15(19)21-11)22-12-4-5-18(10-12)16(20)17-9-14-3-2-6-23-14/h2-3,6-8,12H,4-5,9-10H2,1H3,(H,17,20)/t12-/m0/s1. The number of thiophene rings is 1. The van der Waals surface area contributed by atoms with Gasteiger partial charge in [0.2, 0.25) is 0 Å². The predicted molar refractivity (Wildman–Crippen MR) is 86.9 cm³/mol. The molecule has 0 aliphatic carbocycles. The molecule has 0 bridgehead atoms. The second kappa shape index (κ2) is 6.87. The van der Waals surface area contributed by atoms with Gasteiger partial charge in [-0.2, -0.15) is 0 Å². The van der Waals surface area contributed by atoms with E-state index in [-0.39, 0.29) is 12.1 Å².